The third-order valence-electron chi connectivity index (χ3n) is 4.91. The summed E-state index contributed by atoms with van der Waals surface area (Å²) in [4.78, 5) is 19.2. The molecule has 2 heterocycles. The van der Waals surface area contributed by atoms with Crippen molar-refractivity contribution in [2.24, 2.45) is 4.99 Å². The van der Waals surface area contributed by atoms with E-state index in [4.69, 9.17) is 4.74 Å². The maximum absolute atomic E-state index is 12.3. The van der Waals surface area contributed by atoms with Crippen LogP contribution in [0.4, 0.5) is 5.69 Å². The first-order valence-corrected chi connectivity index (χ1v) is 8.49. The Hall–Kier alpha value is -2.88. The Bertz CT molecular complexity index is 898. The second-order valence-electron chi connectivity index (χ2n) is 6.42. The monoisotopic (exact) mass is 332 g/mol. The maximum Gasteiger partial charge on any atom is 0.340 e. The molecule has 0 saturated carbocycles. The van der Waals surface area contributed by atoms with Crippen LogP contribution in [0.3, 0.4) is 0 Å². The predicted octanol–water partition coefficient (Wildman–Crippen LogP) is 4.29. The number of ether oxygens (including phenoxy) is 1. The molecule has 0 radical (unpaired) electrons. The largest absolute Gasteiger partial charge is 0.465 e. The van der Waals surface area contributed by atoms with Gasteiger partial charge in [-0.3, -0.25) is 4.99 Å². The summed E-state index contributed by atoms with van der Waals surface area (Å²) in [6, 6.07) is 14.1. The van der Waals surface area contributed by atoms with Crippen molar-refractivity contribution >= 4 is 23.4 Å². The molecule has 2 aromatic rings. The Labute approximate surface area is 147 Å². The zero-order chi connectivity index (χ0) is 17.4. The van der Waals surface area contributed by atoms with Crippen molar-refractivity contribution in [1.29, 1.82) is 0 Å². The number of methoxy groups -OCH3 is 1. The molecule has 126 valence electrons. The number of carbonyl (C=O) groups excluding carboxylic acids is 1. The molecule has 1 saturated heterocycles. The number of esters is 1. The highest BCUT2D eigenvalue weighted by Gasteiger charge is 2.26. The van der Waals surface area contributed by atoms with Gasteiger partial charge in [0.25, 0.3) is 0 Å². The average molecular weight is 332 g/mol. The molecule has 2 aliphatic rings. The van der Waals surface area contributed by atoms with Crippen LogP contribution >= 0.6 is 0 Å². The normalized spacial score (nSPS) is 18.6. The van der Waals surface area contributed by atoms with Gasteiger partial charge >= 0.3 is 5.97 Å². The van der Waals surface area contributed by atoms with Crippen molar-refractivity contribution in [3.8, 4) is 11.1 Å². The van der Waals surface area contributed by atoms with E-state index in [1.54, 1.807) is 0 Å². The Morgan fingerprint density at radius 3 is 2.64 bits per heavy atom. The van der Waals surface area contributed by atoms with Crippen LogP contribution in [0.1, 0.15) is 28.8 Å². The van der Waals surface area contributed by atoms with Gasteiger partial charge in [-0.15, -0.1) is 0 Å². The van der Waals surface area contributed by atoms with Crippen molar-refractivity contribution in [2.75, 3.05) is 20.7 Å². The van der Waals surface area contributed by atoms with Crippen LogP contribution in [-0.2, 0) is 4.74 Å². The van der Waals surface area contributed by atoms with Gasteiger partial charge in [0, 0.05) is 36.6 Å². The lowest BCUT2D eigenvalue weighted by Gasteiger charge is -2.16. The number of nitrogens with zero attached hydrogens (tertiary/aromatic N) is 2. The van der Waals surface area contributed by atoms with E-state index in [1.165, 1.54) is 12.8 Å². The Morgan fingerprint density at radius 2 is 1.96 bits per heavy atom. The van der Waals surface area contributed by atoms with Crippen molar-refractivity contribution in [2.45, 2.75) is 12.8 Å². The first kappa shape index (κ1) is 15.6. The van der Waals surface area contributed by atoms with Crippen LogP contribution in [0.25, 0.3) is 16.7 Å². The fourth-order valence-corrected chi connectivity index (χ4v) is 3.62. The summed E-state index contributed by atoms with van der Waals surface area (Å²) in [7, 11) is 3.52. The van der Waals surface area contributed by atoms with Gasteiger partial charge in [-0.1, -0.05) is 30.3 Å². The Morgan fingerprint density at radius 1 is 1.16 bits per heavy atom. The number of aliphatic imine (C=N–C) groups is 1. The van der Waals surface area contributed by atoms with Gasteiger partial charge in [0.05, 0.1) is 18.4 Å². The average Bonchev–Trinajstić information content (AvgIpc) is 3.26. The van der Waals surface area contributed by atoms with Gasteiger partial charge in [0.1, 0.15) is 0 Å². The molecule has 0 N–H and O–H groups in total. The lowest BCUT2D eigenvalue weighted by atomic mass is 9.94. The Kier molecular flexibility index (Phi) is 3.88. The van der Waals surface area contributed by atoms with Gasteiger partial charge < -0.3 is 9.64 Å². The van der Waals surface area contributed by atoms with Crippen molar-refractivity contribution in [3.05, 3.63) is 59.3 Å². The molecule has 0 bridgehead atoms. The van der Waals surface area contributed by atoms with E-state index < -0.39 is 0 Å². The van der Waals surface area contributed by atoms with Crippen molar-refractivity contribution < 1.29 is 9.53 Å². The summed E-state index contributed by atoms with van der Waals surface area (Å²) in [5.41, 5.74) is 6.75. The van der Waals surface area contributed by atoms with Crippen LogP contribution in [0.5, 0.6) is 0 Å². The third kappa shape index (κ3) is 2.64. The van der Waals surface area contributed by atoms with Crippen molar-refractivity contribution in [1.82, 2.24) is 4.90 Å². The predicted molar refractivity (Wildman–Crippen MR) is 100 cm³/mol. The van der Waals surface area contributed by atoms with E-state index in [0.29, 0.717) is 11.3 Å². The van der Waals surface area contributed by atoms with Gasteiger partial charge in [-0.25, -0.2) is 4.79 Å². The Balaban J connectivity index is 1.94. The molecule has 2 aliphatic heterocycles. The highest BCUT2D eigenvalue weighted by atomic mass is 16.5. The van der Waals surface area contributed by atoms with E-state index in [1.807, 2.05) is 42.6 Å². The fraction of sp³-hybridized carbons (Fsp3) is 0.238. The van der Waals surface area contributed by atoms with Crippen LogP contribution in [0, 0.1) is 0 Å². The molecule has 4 rings (SSSR count). The first-order valence-electron chi connectivity index (χ1n) is 8.49. The minimum atomic E-state index is -0.350. The van der Waals surface area contributed by atoms with Crippen LogP contribution in [0.2, 0.25) is 0 Å². The van der Waals surface area contributed by atoms with E-state index in [0.717, 1.165) is 41.6 Å². The number of benzene rings is 2. The summed E-state index contributed by atoms with van der Waals surface area (Å²) < 4.78 is 4.99. The molecule has 4 nitrogen and oxygen atoms in total. The minimum Gasteiger partial charge on any atom is -0.465 e. The van der Waals surface area contributed by atoms with Gasteiger partial charge in [-0.2, -0.15) is 0 Å². The summed E-state index contributed by atoms with van der Waals surface area (Å²) in [6.45, 7) is 1.06. The van der Waals surface area contributed by atoms with Crippen LogP contribution in [-0.4, -0.2) is 37.8 Å². The fourth-order valence-electron chi connectivity index (χ4n) is 3.62. The van der Waals surface area contributed by atoms with Gasteiger partial charge in [-0.05, 0) is 36.1 Å². The second kappa shape index (κ2) is 6.20. The summed E-state index contributed by atoms with van der Waals surface area (Å²) in [5, 5.41) is 0. The van der Waals surface area contributed by atoms with E-state index >= 15 is 0 Å². The number of rotatable bonds is 2. The lowest BCUT2D eigenvalue weighted by Crippen LogP contribution is -2.12. The van der Waals surface area contributed by atoms with Gasteiger partial charge in [0.2, 0.25) is 0 Å². The molecular weight excluding hydrogens is 312 g/mol. The molecule has 0 spiro atoms. The molecule has 2 aromatic carbocycles. The molecule has 1 fully saturated rings. The summed E-state index contributed by atoms with van der Waals surface area (Å²) in [6.07, 6.45) is 4.09. The number of hydrogen-bond acceptors (Lipinski definition) is 4. The number of allylic oxidation sites excluding steroid dienone is 2. The maximum atomic E-state index is 12.3. The van der Waals surface area contributed by atoms with Crippen LogP contribution < -0.4 is 0 Å². The SMILES string of the molecule is COC(=O)c1cc(-c2ccccc2)cc2c1N=CC2=C1CCCN1C. The number of hydrogen-bond donors (Lipinski definition) is 0. The third-order valence-corrected chi connectivity index (χ3v) is 4.91. The molecule has 25 heavy (non-hydrogen) atoms. The quantitative estimate of drug-likeness (QED) is 0.770. The molecule has 0 unspecified atom stereocenters. The van der Waals surface area contributed by atoms with Crippen LogP contribution in [0.15, 0.2) is 53.2 Å². The van der Waals surface area contributed by atoms with E-state index in [2.05, 4.69) is 23.0 Å². The smallest absolute Gasteiger partial charge is 0.340 e. The lowest BCUT2D eigenvalue weighted by molar-refractivity contribution is 0.0602. The van der Waals surface area contributed by atoms with E-state index in [9.17, 15) is 4.79 Å². The number of carbonyl (C=O) groups is 1. The minimum absolute atomic E-state index is 0.350. The molecule has 0 amide bonds. The zero-order valence-electron chi connectivity index (χ0n) is 14.5. The molecular formula is C21H20N2O2. The molecule has 0 aliphatic carbocycles. The van der Waals surface area contributed by atoms with E-state index in [-0.39, 0.29) is 5.97 Å². The summed E-state index contributed by atoms with van der Waals surface area (Å²) in [5.74, 6) is -0.350. The molecule has 0 atom stereocenters. The zero-order valence-corrected chi connectivity index (χ0v) is 14.5. The molecule has 4 heteroatoms. The van der Waals surface area contributed by atoms with Gasteiger partial charge in [0.15, 0.2) is 0 Å². The highest BCUT2D eigenvalue weighted by molar-refractivity contribution is 6.20. The highest BCUT2D eigenvalue weighted by Crippen LogP contribution is 2.41. The molecule has 0 aromatic heterocycles. The number of likely N-dealkylation sites (tertiary alicyclic amines) is 1. The number of fused-ring (bicyclic) bond motifs is 1. The summed E-state index contributed by atoms with van der Waals surface area (Å²) >= 11 is 0. The topological polar surface area (TPSA) is 41.9 Å². The van der Waals surface area contributed by atoms with Crippen molar-refractivity contribution in [3.63, 3.8) is 0 Å². The standard InChI is InChI=1S/C21H20N2O2/c1-23-10-6-9-19(23)18-13-22-20-16(18)11-15(12-17(20)21(24)25-2)14-7-4-3-5-8-14/h3-5,7-8,11-13H,6,9-10H2,1-2H3. The first-order chi connectivity index (χ1) is 12.2. The second-order valence-corrected chi connectivity index (χ2v) is 6.42.